The van der Waals surface area contributed by atoms with Crippen molar-refractivity contribution in [2.45, 2.75) is 44.1 Å². The summed E-state index contributed by atoms with van der Waals surface area (Å²) in [5.41, 5.74) is 1.68. The minimum absolute atomic E-state index is 0.185. The second-order valence-electron chi connectivity index (χ2n) is 6.10. The molecule has 0 radical (unpaired) electrons. The van der Waals surface area contributed by atoms with Crippen LogP contribution < -0.4 is 0 Å². The number of hydrogen-bond acceptors (Lipinski definition) is 2. The Morgan fingerprint density at radius 1 is 1.43 bits per heavy atom. The zero-order valence-corrected chi connectivity index (χ0v) is 13.4. The Labute approximate surface area is 129 Å². The summed E-state index contributed by atoms with van der Waals surface area (Å²) in [5.74, 6) is 0.594. The van der Waals surface area contributed by atoms with Gasteiger partial charge in [-0.15, -0.1) is 11.6 Å². The molecule has 0 aliphatic carbocycles. The van der Waals surface area contributed by atoms with Crippen molar-refractivity contribution in [3.05, 3.63) is 29.8 Å². The third-order valence-electron chi connectivity index (χ3n) is 4.58. The molecule has 2 aromatic rings. The summed E-state index contributed by atoms with van der Waals surface area (Å²) in [6.45, 7) is 5.23. The van der Waals surface area contributed by atoms with Crippen LogP contribution in [0.4, 0.5) is 4.39 Å². The van der Waals surface area contributed by atoms with Crippen LogP contribution in [0.15, 0.2) is 18.2 Å². The summed E-state index contributed by atoms with van der Waals surface area (Å²) in [5, 5.41) is -0.185. The van der Waals surface area contributed by atoms with Crippen LogP contribution in [0.3, 0.4) is 0 Å². The summed E-state index contributed by atoms with van der Waals surface area (Å²) in [4.78, 5) is 6.94. The van der Waals surface area contributed by atoms with Gasteiger partial charge in [-0.3, -0.25) is 0 Å². The fraction of sp³-hybridized carbons (Fsp3) is 0.562. The molecule has 1 saturated heterocycles. The van der Waals surface area contributed by atoms with Crippen molar-refractivity contribution in [1.82, 2.24) is 14.5 Å². The highest BCUT2D eigenvalue weighted by Gasteiger charge is 2.28. The van der Waals surface area contributed by atoms with Gasteiger partial charge >= 0.3 is 0 Å². The highest BCUT2D eigenvalue weighted by Crippen LogP contribution is 2.34. The van der Waals surface area contributed by atoms with E-state index in [0.29, 0.717) is 17.6 Å². The molecule has 3 rings (SSSR count). The molecule has 0 N–H and O–H groups in total. The van der Waals surface area contributed by atoms with Crippen molar-refractivity contribution in [2.24, 2.45) is 0 Å². The van der Waals surface area contributed by atoms with E-state index < -0.39 is 0 Å². The number of aromatic nitrogens is 2. The van der Waals surface area contributed by atoms with Crippen LogP contribution in [0.25, 0.3) is 11.0 Å². The number of benzene rings is 1. The van der Waals surface area contributed by atoms with E-state index in [9.17, 15) is 4.39 Å². The van der Waals surface area contributed by atoms with Crippen molar-refractivity contribution in [3.63, 3.8) is 0 Å². The van der Waals surface area contributed by atoms with Crippen LogP contribution in [-0.2, 0) is 0 Å². The Morgan fingerprint density at radius 2 is 2.19 bits per heavy atom. The number of likely N-dealkylation sites (tertiary alicyclic amines) is 1. The fourth-order valence-electron chi connectivity index (χ4n) is 3.25. The molecule has 3 unspecified atom stereocenters. The Morgan fingerprint density at radius 3 is 2.86 bits per heavy atom. The van der Waals surface area contributed by atoms with Gasteiger partial charge in [0.25, 0.3) is 0 Å². The molecule has 1 aliphatic rings. The third kappa shape index (κ3) is 2.67. The molecule has 21 heavy (non-hydrogen) atoms. The van der Waals surface area contributed by atoms with Gasteiger partial charge in [0.2, 0.25) is 0 Å². The molecule has 1 aromatic carbocycles. The van der Waals surface area contributed by atoms with Gasteiger partial charge in [-0.25, -0.2) is 9.37 Å². The molecule has 0 saturated carbocycles. The summed E-state index contributed by atoms with van der Waals surface area (Å²) >= 11 is 6.32. The van der Waals surface area contributed by atoms with Crippen molar-refractivity contribution in [1.29, 1.82) is 0 Å². The highest BCUT2D eigenvalue weighted by molar-refractivity contribution is 6.20. The standard InChI is InChI=1S/C16H21ClFN3/c1-10-8-13(6-7-20(10)3)21-15-5-4-12(18)9-14(15)19-16(21)11(2)17/h4-5,9-11,13H,6-8H2,1-3H3. The van der Waals surface area contributed by atoms with Gasteiger partial charge in [-0.2, -0.15) is 0 Å². The summed E-state index contributed by atoms with van der Waals surface area (Å²) < 4.78 is 15.7. The lowest BCUT2D eigenvalue weighted by atomic mass is 9.98. The van der Waals surface area contributed by atoms with Gasteiger partial charge in [0.05, 0.1) is 16.4 Å². The summed E-state index contributed by atoms with van der Waals surface area (Å²) in [6, 6.07) is 5.72. The van der Waals surface area contributed by atoms with E-state index in [4.69, 9.17) is 11.6 Å². The summed E-state index contributed by atoms with van der Waals surface area (Å²) in [6.07, 6.45) is 2.14. The average Bonchev–Trinajstić information content (AvgIpc) is 2.80. The number of halogens is 2. The Balaban J connectivity index is 2.09. The average molecular weight is 310 g/mol. The number of piperidine rings is 1. The van der Waals surface area contributed by atoms with Gasteiger partial charge in [0, 0.05) is 24.7 Å². The molecule has 1 fully saturated rings. The van der Waals surface area contributed by atoms with Crippen molar-refractivity contribution in [2.75, 3.05) is 13.6 Å². The molecule has 1 aromatic heterocycles. The first kappa shape index (κ1) is 14.8. The van der Waals surface area contributed by atoms with Crippen LogP contribution in [0.2, 0.25) is 0 Å². The number of rotatable bonds is 2. The predicted octanol–water partition coefficient (Wildman–Crippen LogP) is 4.13. The Bertz CT molecular complexity index is 652. The molecule has 2 heterocycles. The number of hydrogen-bond donors (Lipinski definition) is 0. The molecular weight excluding hydrogens is 289 g/mol. The zero-order chi connectivity index (χ0) is 15.1. The van der Waals surface area contributed by atoms with Crippen molar-refractivity contribution >= 4 is 22.6 Å². The first-order valence-electron chi connectivity index (χ1n) is 7.49. The van der Waals surface area contributed by atoms with Gasteiger partial charge < -0.3 is 9.47 Å². The van der Waals surface area contributed by atoms with E-state index in [1.807, 2.05) is 13.0 Å². The number of imidazole rings is 1. The lowest BCUT2D eigenvalue weighted by Crippen LogP contribution is -2.38. The van der Waals surface area contributed by atoms with Crippen molar-refractivity contribution in [3.8, 4) is 0 Å². The third-order valence-corrected chi connectivity index (χ3v) is 4.78. The topological polar surface area (TPSA) is 21.1 Å². The first-order chi connectivity index (χ1) is 9.97. The Kier molecular flexibility index (Phi) is 3.93. The summed E-state index contributed by atoms with van der Waals surface area (Å²) in [7, 11) is 2.16. The number of alkyl halides is 1. The van der Waals surface area contributed by atoms with Gasteiger partial charge in [0.15, 0.2) is 0 Å². The quantitative estimate of drug-likeness (QED) is 0.778. The minimum Gasteiger partial charge on any atom is -0.324 e. The molecule has 5 heteroatoms. The molecular formula is C16H21ClFN3. The smallest absolute Gasteiger partial charge is 0.127 e. The second-order valence-corrected chi connectivity index (χ2v) is 6.75. The van der Waals surface area contributed by atoms with Crippen LogP contribution in [0.1, 0.15) is 43.9 Å². The van der Waals surface area contributed by atoms with E-state index in [0.717, 1.165) is 30.7 Å². The number of fused-ring (bicyclic) bond motifs is 1. The normalized spacial score (nSPS) is 25.4. The molecule has 1 aliphatic heterocycles. The monoisotopic (exact) mass is 309 g/mol. The Hall–Kier alpha value is -1.13. The largest absolute Gasteiger partial charge is 0.324 e. The van der Waals surface area contributed by atoms with Gasteiger partial charge in [-0.1, -0.05) is 0 Å². The predicted molar refractivity (Wildman–Crippen MR) is 84.3 cm³/mol. The zero-order valence-electron chi connectivity index (χ0n) is 12.7. The maximum absolute atomic E-state index is 13.4. The SMILES string of the molecule is CC(Cl)c1nc2cc(F)ccc2n1C1CCN(C)C(C)C1. The lowest BCUT2D eigenvalue weighted by molar-refractivity contribution is 0.157. The van der Waals surface area contributed by atoms with Gasteiger partial charge in [-0.05, 0) is 45.9 Å². The lowest BCUT2D eigenvalue weighted by Gasteiger charge is -2.36. The molecule has 0 bridgehead atoms. The van der Waals surface area contributed by atoms with E-state index in [-0.39, 0.29) is 11.2 Å². The van der Waals surface area contributed by atoms with E-state index >= 15 is 0 Å². The molecule has 114 valence electrons. The molecule has 0 amide bonds. The molecule has 0 spiro atoms. The van der Waals surface area contributed by atoms with Crippen LogP contribution >= 0.6 is 11.6 Å². The maximum Gasteiger partial charge on any atom is 0.127 e. The maximum atomic E-state index is 13.4. The fourth-order valence-corrected chi connectivity index (χ4v) is 3.41. The van der Waals surface area contributed by atoms with E-state index in [1.54, 1.807) is 0 Å². The van der Waals surface area contributed by atoms with E-state index in [2.05, 4.69) is 28.4 Å². The number of nitrogens with zero attached hydrogens (tertiary/aromatic N) is 3. The highest BCUT2D eigenvalue weighted by atomic mass is 35.5. The second kappa shape index (κ2) is 5.58. The molecule has 3 nitrogen and oxygen atoms in total. The van der Waals surface area contributed by atoms with Gasteiger partial charge in [0.1, 0.15) is 11.6 Å². The van der Waals surface area contributed by atoms with E-state index in [1.165, 1.54) is 12.1 Å². The van der Waals surface area contributed by atoms with Crippen LogP contribution in [0, 0.1) is 5.82 Å². The minimum atomic E-state index is -0.252. The first-order valence-corrected chi connectivity index (χ1v) is 7.92. The van der Waals surface area contributed by atoms with Crippen molar-refractivity contribution < 1.29 is 4.39 Å². The molecule has 3 atom stereocenters. The van der Waals surface area contributed by atoms with Crippen LogP contribution in [-0.4, -0.2) is 34.1 Å². The van der Waals surface area contributed by atoms with Crippen LogP contribution in [0.5, 0.6) is 0 Å².